The summed E-state index contributed by atoms with van der Waals surface area (Å²) in [6, 6.07) is 0.129. The minimum atomic E-state index is -0.136. The Labute approximate surface area is 115 Å². The number of carbonyl (C=O) groups excluding carboxylic acids is 2. The van der Waals surface area contributed by atoms with Gasteiger partial charge in [-0.25, -0.2) is 0 Å². The molecule has 0 aromatic carbocycles. The Hall–Kier alpha value is -1.14. The molecule has 0 spiro atoms. The van der Waals surface area contributed by atoms with Crippen molar-refractivity contribution >= 4 is 11.8 Å². The van der Waals surface area contributed by atoms with Crippen molar-refractivity contribution in [1.29, 1.82) is 0 Å². The van der Waals surface area contributed by atoms with Crippen LogP contribution in [0.15, 0.2) is 0 Å². The van der Waals surface area contributed by atoms with Crippen molar-refractivity contribution in [3.05, 3.63) is 0 Å². The minimum Gasteiger partial charge on any atom is -0.385 e. The van der Waals surface area contributed by atoms with E-state index in [2.05, 4.69) is 10.6 Å². The number of rotatable bonds is 10. The van der Waals surface area contributed by atoms with Gasteiger partial charge in [0.15, 0.2) is 0 Å². The van der Waals surface area contributed by atoms with Crippen LogP contribution in [0.5, 0.6) is 0 Å². The molecule has 6 heteroatoms. The van der Waals surface area contributed by atoms with Crippen LogP contribution in [-0.4, -0.2) is 63.2 Å². The largest absolute Gasteiger partial charge is 0.385 e. The smallest absolute Gasteiger partial charge is 0.239 e. The molecule has 112 valence electrons. The second-order valence-electron chi connectivity index (χ2n) is 4.61. The molecule has 0 fully saturated rings. The Balaban J connectivity index is 3.84. The van der Waals surface area contributed by atoms with Gasteiger partial charge >= 0.3 is 0 Å². The van der Waals surface area contributed by atoms with E-state index in [1.807, 2.05) is 13.8 Å². The monoisotopic (exact) mass is 273 g/mol. The fourth-order valence-electron chi connectivity index (χ4n) is 1.64. The number of ether oxygens (including phenoxy) is 1. The quantitative estimate of drug-likeness (QED) is 0.549. The normalized spacial score (nSPS) is 12.0. The SMILES string of the molecule is CCNC(C)CC(=O)N(C)CC(=O)NCCCOC. The summed E-state index contributed by atoms with van der Waals surface area (Å²) in [5.41, 5.74) is 0. The van der Waals surface area contributed by atoms with E-state index < -0.39 is 0 Å². The van der Waals surface area contributed by atoms with Gasteiger partial charge in [-0.15, -0.1) is 0 Å². The van der Waals surface area contributed by atoms with Gasteiger partial charge in [-0.05, 0) is 19.9 Å². The second-order valence-corrected chi connectivity index (χ2v) is 4.61. The first-order valence-electron chi connectivity index (χ1n) is 6.74. The molecule has 2 N–H and O–H groups in total. The zero-order valence-corrected chi connectivity index (χ0v) is 12.5. The van der Waals surface area contributed by atoms with Gasteiger partial charge in [-0.3, -0.25) is 9.59 Å². The predicted octanol–water partition coefficient (Wildman–Crippen LogP) is -0.0144. The van der Waals surface area contributed by atoms with Crippen LogP contribution in [-0.2, 0) is 14.3 Å². The average molecular weight is 273 g/mol. The minimum absolute atomic E-state index is 0.0273. The molecular formula is C13H27N3O3. The lowest BCUT2D eigenvalue weighted by atomic mass is 10.2. The number of nitrogens with zero attached hydrogens (tertiary/aromatic N) is 1. The van der Waals surface area contributed by atoms with Gasteiger partial charge in [0.05, 0.1) is 6.54 Å². The molecule has 0 aliphatic heterocycles. The maximum atomic E-state index is 11.8. The molecule has 1 atom stereocenters. The van der Waals surface area contributed by atoms with Crippen LogP contribution >= 0.6 is 0 Å². The first-order chi connectivity index (χ1) is 9.01. The summed E-state index contributed by atoms with van der Waals surface area (Å²) in [6.07, 6.45) is 1.18. The van der Waals surface area contributed by atoms with Gasteiger partial charge in [0, 0.05) is 39.8 Å². The number of hydrogen-bond acceptors (Lipinski definition) is 4. The van der Waals surface area contributed by atoms with Crippen molar-refractivity contribution < 1.29 is 14.3 Å². The first kappa shape index (κ1) is 17.9. The van der Waals surface area contributed by atoms with E-state index in [-0.39, 0.29) is 24.4 Å². The number of carbonyl (C=O) groups is 2. The van der Waals surface area contributed by atoms with E-state index >= 15 is 0 Å². The fourth-order valence-corrected chi connectivity index (χ4v) is 1.64. The summed E-state index contributed by atoms with van der Waals surface area (Å²) in [5, 5.41) is 5.92. The summed E-state index contributed by atoms with van der Waals surface area (Å²) in [4.78, 5) is 24.9. The summed E-state index contributed by atoms with van der Waals surface area (Å²) >= 11 is 0. The molecule has 0 heterocycles. The van der Waals surface area contributed by atoms with Gasteiger partial charge in [0.1, 0.15) is 0 Å². The average Bonchev–Trinajstić information content (AvgIpc) is 2.34. The molecule has 19 heavy (non-hydrogen) atoms. The molecule has 0 aliphatic carbocycles. The summed E-state index contributed by atoms with van der Waals surface area (Å²) in [6.45, 7) is 6.08. The zero-order chi connectivity index (χ0) is 14.7. The maximum absolute atomic E-state index is 11.8. The zero-order valence-electron chi connectivity index (χ0n) is 12.5. The molecule has 6 nitrogen and oxygen atoms in total. The Morgan fingerprint density at radius 1 is 1.37 bits per heavy atom. The lowest BCUT2D eigenvalue weighted by Crippen LogP contribution is -2.41. The van der Waals surface area contributed by atoms with Crippen molar-refractivity contribution in [2.45, 2.75) is 32.7 Å². The molecule has 0 saturated carbocycles. The van der Waals surface area contributed by atoms with E-state index in [1.54, 1.807) is 14.2 Å². The van der Waals surface area contributed by atoms with Crippen LogP contribution in [0.3, 0.4) is 0 Å². The molecule has 0 bridgehead atoms. The standard InChI is InChI=1S/C13H27N3O3/c1-5-14-11(2)9-13(18)16(3)10-12(17)15-7-6-8-19-4/h11,14H,5-10H2,1-4H3,(H,15,17). The van der Waals surface area contributed by atoms with E-state index in [9.17, 15) is 9.59 Å². The van der Waals surface area contributed by atoms with Crippen LogP contribution in [0.25, 0.3) is 0 Å². The number of nitrogens with one attached hydrogen (secondary N) is 2. The summed E-state index contributed by atoms with van der Waals surface area (Å²) in [7, 11) is 3.27. The van der Waals surface area contributed by atoms with Gasteiger partial charge < -0.3 is 20.3 Å². The topological polar surface area (TPSA) is 70.7 Å². The van der Waals surface area contributed by atoms with E-state index in [4.69, 9.17) is 4.74 Å². The predicted molar refractivity (Wildman–Crippen MR) is 74.9 cm³/mol. The third kappa shape index (κ3) is 9.44. The molecule has 0 aromatic rings. The summed E-state index contributed by atoms with van der Waals surface area (Å²) < 4.78 is 4.89. The van der Waals surface area contributed by atoms with Crippen molar-refractivity contribution in [3.63, 3.8) is 0 Å². The number of methoxy groups -OCH3 is 1. The molecule has 0 rings (SSSR count). The molecule has 0 aliphatic rings. The highest BCUT2D eigenvalue weighted by atomic mass is 16.5. The second kappa shape index (κ2) is 10.8. The number of hydrogen-bond donors (Lipinski definition) is 2. The van der Waals surface area contributed by atoms with Crippen LogP contribution in [0.2, 0.25) is 0 Å². The van der Waals surface area contributed by atoms with Gasteiger partial charge in [0.25, 0.3) is 0 Å². The number of likely N-dealkylation sites (N-methyl/N-ethyl adjacent to an activating group) is 1. The van der Waals surface area contributed by atoms with Crippen molar-refractivity contribution in [2.75, 3.05) is 40.4 Å². The van der Waals surface area contributed by atoms with E-state index in [1.165, 1.54) is 4.90 Å². The van der Waals surface area contributed by atoms with Crippen LogP contribution in [0, 0.1) is 0 Å². The Kier molecular flexibility index (Phi) is 10.1. The molecular weight excluding hydrogens is 246 g/mol. The highest BCUT2D eigenvalue weighted by molar-refractivity contribution is 5.84. The molecule has 0 saturated heterocycles. The maximum Gasteiger partial charge on any atom is 0.239 e. The van der Waals surface area contributed by atoms with Crippen LogP contribution in [0.4, 0.5) is 0 Å². The molecule has 0 aromatic heterocycles. The third-order valence-electron chi connectivity index (χ3n) is 2.69. The molecule has 1 unspecified atom stereocenters. The van der Waals surface area contributed by atoms with Crippen molar-refractivity contribution in [1.82, 2.24) is 15.5 Å². The van der Waals surface area contributed by atoms with Gasteiger partial charge in [-0.2, -0.15) is 0 Å². The highest BCUT2D eigenvalue weighted by Gasteiger charge is 2.15. The fraction of sp³-hybridized carbons (Fsp3) is 0.846. The van der Waals surface area contributed by atoms with Gasteiger partial charge in [0.2, 0.25) is 11.8 Å². The number of amides is 2. The Morgan fingerprint density at radius 3 is 2.63 bits per heavy atom. The van der Waals surface area contributed by atoms with E-state index in [0.717, 1.165) is 13.0 Å². The lowest BCUT2D eigenvalue weighted by Gasteiger charge is -2.19. The summed E-state index contributed by atoms with van der Waals surface area (Å²) in [5.74, 6) is -0.163. The Bertz CT molecular complexity index is 272. The van der Waals surface area contributed by atoms with Crippen LogP contribution in [0.1, 0.15) is 26.7 Å². The third-order valence-corrected chi connectivity index (χ3v) is 2.69. The van der Waals surface area contributed by atoms with Crippen LogP contribution < -0.4 is 10.6 Å². The highest BCUT2D eigenvalue weighted by Crippen LogP contribution is 1.96. The van der Waals surface area contributed by atoms with Gasteiger partial charge in [-0.1, -0.05) is 6.92 Å². The molecule has 0 radical (unpaired) electrons. The lowest BCUT2D eigenvalue weighted by molar-refractivity contribution is -0.135. The Morgan fingerprint density at radius 2 is 2.05 bits per heavy atom. The van der Waals surface area contributed by atoms with Crippen molar-refractivity contribution in [3.8, 4) is 0 Å². The van der Waals surface area contributed by atoms with E-state index in [0.29, 0.717) is 19.6 Å². The van der Waals surface area contributed by atoms with Crippen molar-refractivity contribution in [2.24, 2.45) is 0 Å². The molecule has 2 amide bonds. The first-order valence-corrected chi connectivity index (χ1v) is 6.74.